The topological polar surface area (TPSA) is 111 Å². The van der Waals surface area contributed by atoms with Gasteiger partial charge in [-0.25, -0.2) is 13.2 Å². The Kier molecular flexibility index (Phi) is 8.76. The second-order valence-electron chi connectivity index (χ2n) is 8.37. The van der Waals surface area contributed by atoms with Crippen molar-refractivity contribution >= 4 is 27.4 Å². The molecule has 1 aliphatic heterocycles. The summed E-state index contributed by atoms with van der Waals surface area (Å²) in [6.45, 7) is 7.64. The van der Waals surface area contributed by atoms with E-state index in [4.69, 9.17) is 4.74 Å². The molecule has 10 heteroatoms. The first-order valence-corrected chi connectivity index (χ1v) is 12.9. The van der Waals surface area contributed by atoms with E-state index in [0.717, 1.165) is 39.1 Å². The molecule has 2 aromatic rings. The van der Waals surface area contributed by atoms with Gasteiger partial charge in [-0.2, -0.15) is 0 Å². The SMILES string of the molecule is CCc1ccc(NS(=O)(=O)c2ccccc2NCCCN2CCN(C)CC2)c(C(=O)O)c1OC. The van der Waals surface area contributed by atoms with Gasteiger partial charge in [0.2, 0.25) is 0 Å². The van der Waals surface area contributed by atoms with Crippen LogP contribution in [0.2, 0.25) is 0 Å². The van der Waals surface area contributed by atoms with Crippen LogP contribution in [0.3, 0.4) is 0 Å². The summed E-state index contributed by atoms with van der Waals surface area (Å²) in [5.41, 5.74) is 0.919. The smallest absolute Gasteiger partial charge is 0.341 e. The summed E-state index contributed by atoms with van der Waals surface area (Å²) < 4.78 is 34.3. The molecule has 9 nitrogen and oxygen atoms in total. The van der Waals surface area contributed by atoms with Crippen molar-refractivity contribution in [3.05, 3.63) is 47.5 Å². The van der Waals surface area contributed by atoms with Gasteiger partial charge in [0.25, 0.3) is 10.0 Å². The van der Waals surface area contributed by atoms with Crippen LogP contribution in [-0.2, 0) is 16.4 Å². The van der Waals surface area contributed by atoms with Gasteiger partial charge in [0.05, 0.1) is 18.5 Å². The molecule has 1 fully saturated rings. The first-order chi connectivity index (χ1) is 16.3. The van der Waals surface area contributed by atoms with E-state index >= 15 is 0 Å². The number of sulfonamides is 1. The number of likely N-dealkylation sites (N-methyl/N-ethyl adjacent to an activating group) is 1. The second-order valence-corrected chi connectivity index (χ2v) is 10.0. The highest BCUT2D eigenvalue weighted by molar-refractivity contribution is 7.92. The molecule has 0 spiro atoms. The van der Waals surface area contributed by atoms with E-state index in [2.05, 4.69) is 26.9 Å². The van der Waals surface area contributed by atoms with E-state index < -0.39 is 16.0 Å². The van der Waals surface area contributed by atoms with Crippen LogP contribution in [0.4, 0.5) is 11.4 Å². The Labute approximate surface area is 201 Å². The number of nitrogens with one attached hydrogen (secondary N) is 2. The molecule has 0 amide bonds. The zero-order chi connectivity index (χ0) is 24.7. The second kappa shape index (κ2) is 11.5. The molecule has 0 bridgehead atoms. The standard InChI is InChI=1S/C24H34N4O5S/c1-4-18-10-11-20(22(24(29)30)23(18)33-3)26-34(31,32)21-9-6-5-8-19(21)25-12-7-13-28-16-14-27(2)15-17-28/h5-6,8-11,25-26H,4,7,12-17H2,1-3H3,(H,29,30). The molecule has 0 saturated carbocycles. The number of hydrogen-bond donors (Lipinski definition) is 3. The number of piperazine rings is 1. The molecule has 3 rings (SSSR count). The average molecular weight is 491 g/mol. The lowest BCUT2D eigenvalue weighted by Crippen LogP contribution is -2.44. The molecule has 3 N–H and O–H groups in total. The Bertz CT molecular complexity index is 1100. The number of carbonyl (C=O) groups is 1. The maximum absolute atomic E-state index is 13.3. The van der Waals surface area contributed by atoms with Crippen LogP contribution in [0.1, 0.15) is 29.3 Å². The molecule has 0 unspecified atom stereocenters. The molecule has 0 aromatic heterocycles. The normalized spacial score (nSPS) is 15.1. The lowest BCUT2D eigenvalue weighted by Gasteiger charge is -2.32. The molecule has 0 atom stereocenters. The zero-order valence-corrected chi connectivity index (χ0v) is 20.8. The van der Waals surface area contributed by atoms with E-state index in [1.54, 1.807) is 24.3 Å². The lowest BCUT2D eigenvalue weighted by atomic mass is 10.0. The van der Waals surface area contributed by atoms with Crippen LogP contribution in [0.25, 0.3) is 0 Å². The Morgan fingerprint density at radius 2 is 1.79 bits per heavy atom. The lowest BCUT2D eigenvalue weighted by molar-refractivity contribution is 0.0694. The van der Waals surface area contributed by atoms with E-state index in [1.807, 2.05) is 6.92 Å². The number of rotatable bonds is 11. The number of aryl methyl sites for hydroxylation is 1. The number of carboxylic acids is 1. The van der Waals surface area contributed by atoms with Gasteiger partial charge < -0.3 is 25.0 Å². The monoisotopic (exact) mass is 490 g/mol. The van der Waals surface area contributed by atoms with Gasteiger partial charge in [-0.05, 0) is 50.2 Å². The third kappa shape index (κ3) is 6.19. The Morgan fingerprint density at radius 1 is 1.09 bits per heavy atom. The highest BCUT2D eigenvalue weighted by atomic mass is 32.2. The van der Waals surface area contributed by atoms with Crippen molar-refractivity contribution in [3.63, 3.8) is 0 Å². The van der Waals surface area contributed by atoms with Crippen LogP contribution in [0.15, 0.2) is 41.3 Å². The highest BCUT2D eigenvalue weighted by Crippen LogP contribution is 2.33. The molecule has 1 aliphatic rings. The van der Waals surface area contributed by atoms with Crippen LogP contribution < -0.4 is 14.8 Å². The van der Waals surface area contributed by atoms with Gasteiger partial charge in [0.15, 0.2) is 0 Å². The predicted octanol–water partition coefficient (Wildman–Crippen LogP) is 2.81. The summed E-state index contributed by atoms with van der Waals surface area (Å²) in [4.78, 5) is 16.7. The average Bonchev–Trinajstić information content (AvgIpc) is 2.82. The minimum absolute atomic E-state index is 0.0357. The summed E-state index contributed by atoms with van der Waals surface area (Å²) in [6, 6.07) is 9.76. The molecule has 34 heavy (non-hydrogen) atoms. The van der Waals surface area contributed by atoms with E-state index in [9.17, 15) is 18.3 Å². The van der Waals surface area contributed by atoms with Gasteiger partial charge >= 0.3 is 5.97 Å². The van der Waals surface area contributed by atoms with Gasteiger partial charge in [-0.3, -0.25) is 4.72 Å². The Hall–Kier alpha value is -2.82. The highest BCUT2D eigenvalue weighted by Gasteiger charge is 2.25. The minimum Gasteiger partial charge on any atom is -0.495 e. The summed E-state index contributed by atoms with van der Waals surface area (Å²) in [5, 5.41) is 13.0. The van der Waals surface area contributed by atoms with Crippen molar-refractivity contribution in [3.8, 4) is 5.75 Å². The van der Waals surface area contributed by atoms with Gasteiger partial charge in [-0.1, -0.05) is 25.1 Å². The quantitative estimate of drug-likeness (QED) is 0.413. The Balaban J connectivity index is 1.74. The zero-order valence-electron chi connectivity index (χ0n) is 20.0. The maximum atomic E-state index is 13.3. The fourth-order valence-corrected chi connectivity index (χ4v) is 5.34. The van der Waals surface area contributed by atoms with Crippen molar-refractivity contribution in [1.82, 2.24) is 9.80 Å². The number of methoxy groups -OCH3 is 1. The number of ether oxygens (including phenoxy) is 1. The molecular formula is C24H34N4O5S. The fraction of sp³-hybridized carbons (Fsp3) is 0.458. The third-order valence-corrected chi connectivity index (χ3v) is 7.45. The minimum atomic E-state index is -4.06. The van der Waals surface area contributed by atoms with Crippen molar-refractivity contribution < 1.29 is 23.1 Å². The number of benzene rings is 2. The molecule has 0 radical (unpaired) electrons. The van der Waals surface area contributed by atoms with Gasteiger partial charge in [0.1, 0.15) is 16.2 Å². The number of carboxylic acid groups (broad SMARTS) is 1. The number of aromatic carboxylic acids is 1. The van der Waals surface area contributed by atoms with Crippen molar-refractivity contribution in [1.29, 1.82) is 0 Å². The molecule has 0 aliphatic carbocycles. The van der Waals surface area contributed by atoms with Crippen molar-refractivity contribution in [2.45, 2.75) is 24.7 Å². The van der Waals surface area contributed by atoms with Crippen LogP contribution in [-0.4, -0.2) is 82.7 Å². The maximum Gasteiger partial charge on any atom is 0.341 e. The van der Waals surface area contributed by atoms with E-state index in [1.165, 1.54) is 19.2 Å². The summed E-state index contributed by atoms with van der Waals surface area (Å²) in [7, 11) is -0.557. The number of nitrogens with zero attached hydrogens (tertiary/aromatic N) is 2. The number of para-hydroxylation sites is 1. The summed E-state index contributed by atoms with van der Waals surface area (Å²) in [6.07, 6.45) is 1.43. The Morgan fingerprint density at radius 3 is 2.44 bits per heavy atom. The molecule has 1 heterocycles. The van der Waals surface area contributed by atoms with E-state index in [0.29, 0.717) is 24.2 Å². The van der Waals surface area contributed by atoms with Crippen molar-refractivity contribution in [2.75, 3.05) is 63.5 Å². The number of hydrogen-bond acceptors (Lipinski definition) is 7. The summed E-state index contributed by atoms with van der Waals surface area (Å²) in [5.74, 6) is -1.11. The predicted molar refractivity (Wildman–Crippen MR) is 134 cm³/mol. The summed E-state index contributed by atoms with van der Waals surface area (Å²) >= 11 is 0. The number of anilines is 2. The van der Waals surface area contributed by atoms with Crippen molar-refractivity contribution in [2.24, 2.45) is 0 Å². The van der Waals surface area contributed by atoms with Crippen LogP contribution in [0, 0.1) is 0 Å². The first-order valence-electron chi connectivity index (χ1n) is 11.5. The molecule has 2 aromatic carbocycles. The van der Waals surface area contributed by atoms with Crippen LogP contribution in [0.5, 0.6) is 5.75 Å². The van der Waals surface area contributed by atoms with Gasteiger partial charge in [-0.15, -0.1) is 0 Å². The van der Waals surface area contributed by atoms with Crippen LogP contribution >= 0.6 is 0 Å². The third-order valence-electron chi connectivity index (χ3n) is 6.02. The molecule has 186 valence electrons. The largest absolute Gasteiger partial charge is 0.495 e. The van der Waals surface area contributed by atoms with E-state index in [-0.39, 0.29) is 21.9 Å². The molecule has 1 saturated heterocycles. The van der Waals surface area contributed by atoms with Gasteiger partial charge in [0, 0.05) is 32.7 Å². The molecular weight excluding hydrogens is 456 g/mol. The fourth-order valence-electron chi connectivity index (χ4n) is 4.08. The first kappa shape index (κ1) is 25.8.